The molecule has 29 heavy (non-hydrogen) atoms. The third-order valence-corrected chi connectivity index (χ3v) is 5.22. The van der Waals surface area contributed by atoms with Gasteiger partial charge in [-0.25, -0.2) is 0 Å². The lowest BCUT2D eigenvalue weighted by Gasteiger charge is -2.27. The van der Waals surface area contributed by atoms with Gasteiger partial charge in [0.1, 0.15) is 6.04 Å². The highest BCUT2D eigenvalue weighted by atomic mass is 16.5. The number of ether oxygens (including phenoxy) is 2. The van der Waals surface area contributed by atoms with Crippen molar-refractivity contribution in [1.82, 2.24) is 5.32 Å². The molecule has 1 atom stereocenters. The monoisotopic (exact) mass is 396 g/mol. The number of amides is 2. The van der Waals surface area contributed by atoms with Gasteiger partial charge in [0, 0.05) is 12.2 Å². The second-order valence-electron chi connectivity index (χ2n) is 7.52. The summed E-state index contributed by atoms with van der Waals surface area (Å²) in [7, 11) is 3.13. The first kappa shape index (κ1) is 20.7. The van der Waals surface area contributed by atoms with E-state index in [9.17, 15) is 9.59 Å². The van der Waals surface area contributed by atoms with Crippen LogP contribution in [-0.4, -0.2) is 38.6 Å². The van der Waals surface area contributed by atoms with Gasteiger partial charge in [0.2, 0.25) is 11.8 Å². The maximum absolute atomic E-state index is 13.2. The molecule has 2 aromatic carbocycles. The first-order valence-electron chi connectivity index (χ1n) is 9.84. The number of benzene rings is 2. The normalized spacial score (nSPS) is 13.8. The van der Waals surface area contributed by atoms with Crippen molar-refractivity contribution in [2.45, 2.75) is 32.7 Å². The molecule has 154 valence electrons. The van der Waals surface area contributed by atoms with Gasteiger partial charge in [-0.15, -0.1) is 0 Å². The number of carbonyl (C=O) groups is 2. The van der Waals surface area contributed by atoms with Crippen LogP contribution in [0.4, 0.5) is 5.69 Å². The quantitative estimate of drug-likeness (QED) is 0.781. The standard InChI is InChI=1S/C23H28N2O4/c1-15(2)22(23(27)25-12-11-17-7-5-6-8-18(17)25)24-21(26)14-16-9-10-19(28-3)20(13-16)29-4/h5-10,13,15,22H,11-12,14H2,1-4H3,(H,24,26)/t22-/m0/s1. The lowest BCUT2D eigenvalue weighted by molar-refractivity contribution is -0.128. The van der Waals surface area contributed by atoms with Crippen molar-refractivity contribution < 1.29 is 19.1 Å². The summed E-state index contributed by atoms with van der Waals surface area (Å²) in [5.41, 5.74) is 2.90. The number of carbonyl (C=O) groups excluding carboxylic acids is 2. The predicted molar refractivity (Wildman–Crippen MR) is 113 cm³/mol. The average molecular weight is 396 g/mol. The molecule has 0 aromatic heterocycles. The number of fused-ring (bicyclic) bond motifs is 1. The SMILES string of the molecule is COc1ccc(CC(=O)N[C@H](C(=O)N2CCc3ccccc32)C(C)C)cc1OC. The van der Waals surface area contributed by atoms with E-state index >= 15 is 0 Å². The highest BCUT2D eigenvalue weighted by Crippen LogP contribution is 2.29. The van der Waals surface area contributed by atoms with Gasteiger partial charge in [-0.05, 0) is 41.7 Å². The molecular weight excluding hydrogens is 368 g/mol. The molecule has 0 saturated heterocycles. The summed E-state index contributed by atoms with van der Waals surface area (Å²) >= 11 is 0. The second-order valence-corrected chi connectivity index (χ2v) is 7.52. The Bertz CT molecular complexity index is 894. The number of nitrogens with one attached hydrogen (secondary N) is 1. The third-order valence-electron chi connectivity index (χ3n) is 5.22. The number of hydrogen-bond donors (Lipinski definition) is 1. The van der Waals surface area contributed by atoms with E-state index in [2.05, 4.69) is 5.32 Å². The Morgan fingerprint density at radius 1 is 1.07 bits per heavy atom. The fourth-order valence-electron chi connectivity index (χ4n) is 3.65. The Hall–Kier alpha value is -3.02. The minimum absolute atomic E-state index is 0.0235. The molecule has 2 aromatic rings. The van der Waals surface area contributed by atoms with Gasteiger partial charge < -0.3 is 19.7 Å². The van der Waals surface area contributed by atoms with E-state index in [1.807, 2.05) is 44.2 Å². The van der Waals surface area contributed by atoms with E-state index in [1.165, 1.54) is 5.56 Å². The maximum atomic E-state index is 13.2. The predicted octanol–water partition coefficient (Wildman–Crippen LogP) is 2.98. The lowest BCUT2D eigenvalue weighted by Crippen LogP contribution is -2.51. The summed E-state index contributed by atoms with van der Waals surface area (Å²) in [6, 6.07) is 12.7. The van der Waals surface area contributed by atoms with E-state index in [0.29, 0.717) is 18.0 Å². The van der Waals surface area contributed by atoms with Crippen LogP contribution in [0.25, 0.3) is 0 Å². The van der Waals surface area contributed by atoms with E-state index in [1.54, 1.807) is 31.3 Å². The number of para-hydroxylation sites is 1. The molecule has 0 saturated carbocycles. The zero-order chi connectivity index (χ0) is 21.0. The molecule has 3 rings (SSSR count). The smallest absolute Gasteiger partial charge is 0.249 e. The maximum Gasteiger partial charge on any atom is 0.249 e. The first-order valence-corrected chi connectivity index (χ1v) is 9.84. The summed E-state index contributed by atoms with van der Waals surface area (Å²) in [6.45, 7) is 4.54. The van der Waals surface area contributed by atoms with Crippen LogP contribution in [0.1, 0.15) is 25.0 Å². The Balaban J connectivity index is 1.71. The second kappa shape index (κ2) is 8.99. The summed E-state index contributed by atoms with van der Waals surface area (Å²) < 4.78 is 10.5. The Labute approximate surface area is 171 Å². The number of anilines is 1. The van der Waals surface area contributed by atoms with Crippen molar-refractivity contribution in [3.05, 3.63) is 53.6 Å². The van der Waals surface area contributed by atoms with Gasteiger partial charge in [0.05, 0.1) is 20.6 Å². The molecule has 0 unspecified atom stereocenters. The van der Waals surface area contributed by atoms with Crippen LogP contribution in [0.3, 0.4) is 0 Å². The van der Waals surface area contributed by atoms with Crippen molar-refractivity contribution in [2.24, 2.45) is 5.92 Å². The van der Waals surface area contributed by atoms with Gasteiger partial charge in [-0.3, -0.25) is 9.59 Å². The molecule has 0 bridgehead atoms. The van der Waals surface area contributed by atoms with Crippen LogP contribution in [0.15, 0.2) is 42.5 Å². The van der Waals surface area contributed by atoms with Crippen LogP contribution >= 0.6 is 0 Å². The Morgan fingerprint density at radius 3 is 2.48 bits per heavy atom. The van der Waals surface area contributed by atoms with Gasteiger partial charge in [0.25, 0.3) is 0 Å². The topological polar surface area (TPSA) is 67.9 Å². The minimum Gasteiger partial charge on any atom is -0.493 e. The molecule has 0 fully saturated rings. The molecule has 0 aliphatic carbocycles. The zero-order valence-electron chi connectivity index (χ0n) is 17.4. The summed E-state index contributed by atoms with van der Waals surface area (Å²) in [5.74, 6) is 0.898. The number of nitrogens with zero attached hydrogens (tertiary/aromatic N) is 1. The largest absolute Gasteiger partial charge is 0.493 e. The van der Waals surface area contributed by atoms with Crippen LogP contribution in [0.5, 0.6) is 11.5 Å². The molecular formula is C23H28N2O4. The zero-order valence-corrected chi connectivity index (χ0v) is 17.4. The van der Waals surface area contributed by atoms with Crippen LogP contribution in [0.2, 0.25) is 0 Å². The lowest BCUT2D eigenvalue weighted by atomic mass is 10.0. The van der Waals surface area contributed by atoms with Crippen molar-refractivity contribution in [1.29, 1.82) is 0 Å². The molecule has 1 aliphatic heterocycles. The number of methoxy groups -OCH3 is 2. The highest BCUT2D eigenvalue weighted by Gasteiger charge is 2.32. The van der Waals surface area contributed by atoms with E-state index < -0.39 is 6.04 Å². The van der Waals surface area contributed by atoms with Crippen LogP contribution in [0, 0.1) is 5.92 Å². The Kier molecular flexibility index (Phi) is 6.42. The van der Waals surface area contributed by atoms with E-state index in [0.717, 1.165) is 17.7 Å². The van der Waals surface area contributed by atoms with Gasteiger partial charge >= 0.3 is 0 Å². The molecule has 0 radical (unpaired) electrons. The molecule has 1 heterocycles. The fourth-order valence-corrected chi connectivity index (χ4v) is 3.65. The average Bonchev–Trinajstić information content (AvgIpc) is 3.15. The third kappa shape index (κ3) is 4.53. The van der Waals surface area contributed by atoms with E-state index in [4.69, 9.17) is 9.47 Å². The van der Waals surface area contributed by atoms with Crippen LogP contribution in [-0.2, 0) is 22.4 Å². The van der Waals surface area contributed by atoms with Gasteiger partial charge in [-0.2, -0.15) is 0 Å². The molecule has 6 nitrogen and oxygen atoms in total. The fraction of sp³-hybridized carbons (Fsp3) is 0.391. The molecule has 6 heteroatoms. The molecule has 0 spiro atoms. The molecule has 1 N–H and O–H groups in total. The van der Waals surface area contributed by atoms with Crippen molar-refractivity contribution >= 4 is 17.5 Å². The van der Waals surface area contributed by atoms with Crippen molar-refractivity contribution in [2.75, 3.05) is 25.7 Å². The summed E-state index contributed by atoms with van der Waals surface area (Å²) in [5, 5.41) is 2.94. The highest BCUT2D eigenvalue weighted by molar-refractivity contribution is 6.01. The molecule has 2 amide bonds. The van der Waals surface area contributed by atoms with Gasteiger partial charge in [0.15, 0.2) is 11.5 Å². The molecule has 1 aliphatic rings. The number of rotatable bonds is 7. The Morgan fingerprint density at radius 2 is 1.79 bits per heavy atom. The summed E-state index contributed by atoms with van der Waals surface area (Å²) in [4.78, 5) is 27.7. The van der Waals surface area contributed by atoms with E-state index in [-0.39, 0.29) is 24.2 Å². The minimum atomic E-state index is -0.575. The first-order chi connectivity index (χ1) is 13.9. The van der Waals surface area contributed by atoms with Crippen molar-refractivity contribution in [3.8, 4) is 11.5 Å². The summed E-state index contributed by atoms with van der Waals surface area (Å²) in [6.07, 6.45) is 1.000. The van der Waals surface area contributed by atoms with Crippen LogP contribution < -0.4 is 19.7 Å². The number of hydrogen-bond acceptors (Lipinski definition) is 4. The van der Waals surface area contributed by atoms with Crippen molar-refractivity contribution in [3.63, 3.8) is 0 Å². The van der Waals surface area contributed by atoms with Gasteiger partial charge in [-0.1, -0.05) is 38.1 Å².